The Morgan fingerprint density at radius 3 is 2.23 bits per heavy atom. The summed E-state index contributed by atoms with van der Waals surface area (Å²) >= 11 is 5.03. The maximum atomic E-state index is 13.0. The molecule has 4 rings (SSSR count). The first-order valence-corrected chi connectivity index (χ1v) is 13.7. The van der Waals surface area contributed by atoms with Gasteiger partial charge in [0.15, 0.2) is 5.13 Å². The molecule has 0 saturated carbocycles. The van der Waals surface area contributed by atoms with E-state index in [1.165, 1.54) is 16.7 Å². The lowest BCUT2D eigenvalue weighted by molar-refractivity contribution is 0.384. The van der Waals surface area contributed by atoms with Crippen LogP contribution in [0.1, 0.15) is 27.9 Å². The van der Waals surface area contributed by atoms with E-state index in [9.17, 15) is 8.42 Å². The van der Waals surface area contributed by atoms with Gasteiger partial charge in [0.25, 0.3) is 0 Å². The first-order valence-electron chi connectivity index (χ1n) is 10.3. The second-order valence-corrected chi connectivity index (χ2v) is 11.3. The van der Waals surface area contributed by atoms with E-state index in [0.717, 1.165) is 22.8 Å². The third-order valence-corrected chi connectivity index (χ3v) is 8.94. The summed E-state index contributed by atoms with van der Waals surface area (Å²) < 4.78 is 27.5. The number of alkyl halides is 1. The minimum atomic E-state index is -3.46. The number of aryl methyl sites for hydroxylation is 2. The number of sulfonamides is 1. The molecular weight excluding hydrogens is 494 g/mol. The highest BCUT2D eigenvalue weighted by atomic mass is 79.9. The number of rotatable bonds is 6. The van der Waals surface area contributed by atoms with Crippen molar-refractivity contribution in [3.63, 3.8) is 0 Å². The van der Waals surface area contributed by atoms with Crippen molar-refractivity contribution < 1.29 is 8.42 Å². The molecule has 5 nitrogen and oxygen atoms in total. The first kappa shape index (κ1) is 22.5. The predicted octanol–water partition coefficient (Wildman–Crippen LogP) is 4.76. The van der Waals surface area contributed by atoms with Gasteiger partial charge in [0.2, 0.25) is 10.0 Å². The molecule has 0 N–H and O–H groups in total. The van der Waals surface area contributed by atoms with Crippen LogP contribution in [-0.4, -0.2) is 43.9 Å². The number of anilines is 1. The molecule has 1 saturated heterocycles. The third-order valence-electron chi connectivity index (χ3n) is 5.43. The van der Waals surface area contributed by atoms with E-state index in [1.54, 1.807) is 27.8 Å². The minimum absolute atomic E-state index is 0.357. The lowest BCUT2D eigenvalue weighted by atomic mass is 10.0. The number of halogens is 1. The topological polar surface area (TPSA) is 53.5 Å². The fourth-order valence-corrected chi connectivity index (χ4v) is 6.60. The van der Waals surface area contributed by atoms with Crippen LogP contribution < -0.4 is 4.90 Å². The summed E-state index contributed by atoms with van der Waals surface area (Å²) in [5, 5.41) is 3.80. The number of aromatic nitrogens is 1. The minimum Gasteiger partial charge on any atom is -0.345 e. The Morgan fingerprint density at radius 2 is 1.61 bits per heavy atom. The molecule has 164 valence electrons. The summed E-state index contributed by atoms with van der Waals surface area (Å²) in [6.45, 7) is 6.46. The molecule has 0 atom stereocenters. The van der Waals surface area contributed by atoms with Crippen LogP contribution in [0, 0.1) is 13.8 Å². The van der Waals surface area contributed by atoms with Crippen LogP contribution in [0.2, 0.25) is 0 Å². The molecule has 0 radical (unpaired) electrons. The summed E-state index contributed by atoms with van der Waals surface area (Å²) in [5.74, 6) is 0. The molecule has 1 aromatic heterocycles. The Balaban J connectivity index is 1.39. The average Bonchev–Trinajstić information content (AvgIpc) is 3.21. The number of benzene rings is 2. The lowest BCUT2D eigenvalue weighted by Gasteiger charge is -2.33. The second kappa shape index (κ2) is 9.40. The average molecular weight is 521 g/mol. The van der Waals surface area contributed by atoms with Crippen LogP contribution in [0.15, 0.2) is 52.7 Å². The molecule has 2 aromatic carbocycles. The summed E-state index contributed by atoms with van der Waals surface area (Å²) in [5.41, 5.74) is 5.93. The van der Waals surface area contributed by atoms with E-state index < -0.39 is 10.0 Å². The Labute approximate surface area is 196 Å². The Kier molecular flexibility index (Phi) is 6.81. The van der Waals surface area contributed by atoms with Crippen molar-refractivity contribution in [2.75, 3.05) is 31.1 Å². The maximum Gasteiger partial charge on any atom is 0.243 e. The second-order valence-electron chi connectivity index (χ2n) is 7.96. The highest BCUT2D eigenvalue weighted by molar-refractivity contribution is 9.08. The number of thiazole rings is 1. The van der Waals surface area contributed by atoms with Crippen molar-refractivity contribution in [2.24, 2.45) is 0 Å². The number of piperazine rings is 1. The van der Waals surface area contributed by atoms with E-state index in [1.807, 2.05) is 12.1 Å². The number of nitrogens with zero attached hydrogens (tertiary/aromatic N) is 3. The molecule has 3 aromatic rings. The van der Waals surface area contributed by atoms with E-state index in [4.69, 9.17) is 4.98 Å². The fraction of sp³-hybridized carbons (Fsp3) is 0.348. The van der Waals surface area contributed by atoms with Gasteiger partial charge in [-0.1, -0.05) is 57.4 Å². The highest BCUT2D eigenvalue weighted by Gasteiger charge is 2.29. The monoisotopic (exact) mass is 519 g/mol. The standard InChI is InChI=1S/C23H26BrN3O2S2/c1-17-11-18(2)13-20(12-17)14-21-16-30-23(25-21)26-7-9-27(10-8-26)31(28,29)22-5-3-19(15-24)4-6-22/h3-6,11-13,16H,7-10,14-15H2,1-2H3. The molecule has 0 spiro atoms. The first-order chi connectivity index (χ1) is 14.8. The van der Waals surface area contributed by atoms with Crippen molar-refractivity contribution in [1.82, 2.24) is 9.29 Å². The van der Waals surface area contributed by atoms with Gasteiger partial charge >= 0.3 is 0 Å². The smallest absolute Gasteiger partial charge is 0.243 e. The molecule has 0 bridgehead atoms. The fourth-order valence-electron chi connectivity index (χ4n) is 3.92. The molecule has 0 amide bonds. The van der Waals surface area contributed by atoms with Crippen molar-refractivity contribution in [1.29, 1.82) is 0 Å². The van der Waals surface area contributed by atoms with E-state index >= 15 is 0 Å². The zero-order chi connectivity index (χ0) is 22.0. The van der Waals surface area contributed by atoms with Gasteiger partial charge in [0.1, 0.15) is 0 Å². The zero-order valence-electron chi connectivity index (χ0n) is 17.7. The lowest BCUT2D eigenvalue weighted by Crippen LogP contribution is -2.48. The van der Waals surface area contributed by atoms with Gasteiger partial charge in [-0.2, -0.15) is 4.31 Å². The zero-order valence-corrected chi connectivity index (χ0v) is 20.9. The van der Waals surface area contributed by atoms with Gasteiger partial charge in [-0.05, 0) is 37.1 Å². The van der Waals surface area contributed by atoms with Crippen LogP contribution in [0.3, 0.4) is 0 Å². The predicted molar refractivity (Wildman–Crippen MR) is 131 cm³/mol. The molecule has 8 heteroatoms. The molecule has 1 aliphatic heterocycles. The largest absolute Gasteiger partial charge is 0.345 e. The Bertz CT molecular complexity index is 1130. The van der Waals surface area contributed by atoms with Gasteiger partial charge in [-0.25, -0.2) is 13.4 Å². The molecule has 0 unspecified atom stereocenters. The molecule has 1 aliphatic rings. The maximum absolute atomic E-state index is 13.0. The summed E-state index contributed by atoms with van der Waals surface area (Å²) in [6, 6.07) is 13.7. The molecule has 31 heavy (non-hydrogen) atoms. The van der Waals surface area contributed by atoms with Gasteiger partial charge in [0.05, 0.1) is 10.6 Å². The van der Waals surface area contributed by atoms with Crippen molar-refractivity contribution in [2.45, 2.75) is 30.5 Å². The SMILES string of the molecule is Cc1cc(C)cc(Cc2csc(N3CCN(S(=O)(=O)c4ccc(CBr)cc4)CC3)n2)c1. The highest BCUT2D eigenvalue weighted by Crippen LogP contribution is 2.26. The molecule has 2 heterocycles. The molecule has 1 fully saturated rings. The van der Waals surface area contributed by atoms with Crippen LogP contribution in [0.5, 0.6) is 0 Å². The van der Waals surface area contributed by atoms with Crippen LogP contribution in [0.4, 0.5) is 5.13 Å². The van der Waals surface area contributed by atoms with E-state index in [-0.39, 0.29) is 0 Å². The van der Waals surface area contributed by atoms with E-state index in [2.05, 4.69) is 58.3 Å². The van der Waals surface area contributed by atoms with Gasteiger partial charge in [0, 0.05) is 43.3 Å². The molecule has 0 aliphatic carbocycles. The Morgan fingerprint density at radius 1 is 0.968 bits per heavy atom. The van der Waals surface area contributed by atoms with E-state index in [0.29, 0.717) is 36.4 Å². The number of hydrogen-bond acceptors (Lipinski definition) is 5. The van der Waals surface area contributed by atoms with Crippen LogP contribution in [0.25, 0.3) is 0 Å². The van der Waals surface area contributed by atoms with Crippen molar-refractivity contribution in [3.05, 3.63) is 75.8 Å². The molecular formula is C23H26BrN3O2S2. The van der Waals surface area contributed by atoms with Crippen molar-refractivity contribution >= 4 is 42.4 Å². The van der Waals surface area contributed by atoms with Gasteiger partial charge in [-0.3, -0.25) is 0 Å². The third kappa shape index (κ3) is 5.19. The normalized spacial score (nSPS) is 15.4. The quantitative estimate of drug-likeness (QED) is 0.440. The summed E-state index contributed by atoms with van der Waals surface area (Å²) in [7, 11) is -3.46. The van der Waals surface area contributed by atoms with Crippen LogP contribution in [-0.2, 0) is 21.8 Å². The van der Waals surface area contributed by atoms with Gasteiger partial charge < -0.3 is 4.90 Å². The van der Waals surface area contributed by atoms with Crippen molar-refractivity contribution in [3.8, 4) is 0 Å². The summed E-state index contributed by atoms with van der Waals surface area (Å²) in [6.07, 6.45) is 0.817. The number of hydrogen-bond donors (Lipinski definition) is 0. The van der Waals surface area contributed by atoms with Gasteiger partial charge in [-0.15, -0.1) is 11.3 Å². The van der Waals surface area contributed by atoms with Crippen LogP contribution >= 0.6 is 27.3 Å². The Hall–Kier alpha value is -1.74. The summed E-state index contributed by atoms with van der Waals surface area (Å²) in [4.78, 5) is 7.37.